The molecule has 3 aromatic rings. The lowest BCUT2D eigenvalue weighted by Crippen LogP contribution is -2.51. The lowest BCUT2D eigenvalue weighted by Gasteiger charge is -2.32. The van der Waals surface area contributed by atoms with Crippen molar-refractivity contribution >= 4 is 39.1 Å². The number of sulfonamides is 1. The van der Waals surface area contributed by atoms with Crippen molar-refractivity contribution in [3.63, 3.8) is 0 Å². The summed E-state index contributed by atoms with van der Waals surface area (Å²) in [6.07, 6.45) is 0. The van der Waals surface area contributed by atoms with E-state index in [0.29, 0.717) is 17.3 Å². The first-order chi connectivity index (χ1) is 18.1. The Bertz CT molecular complexity index is 1360. The molecule has 0 radical (unpaired) electrons. The first kappa shape index (κ1) is 29.0. The number of nitrogens with one attached hydrogen (secondary N) is 1. The van der Waals surface area contributed by atoms with Crippen LogP contribution in [0.25, 0.3) is 0 Å². The molecule has 202 valence electrons. The Labute approximate surface area is 229 Å². The van der Waals surface area contributed by atoms with Gasteiger partial charge in [-0.1, -0.05) is 47.5 Å². The van der Waals surface area contributed by atoms with Crippen LogP contribution >= 0.6 is 11.6 Å². The molecular weight excluding hydrogens is 526 g/mol. The third-order valence-corrected chi connectivity index (χ3v) is 8.04. The van der Waals surface area contributed by atoms with Crippen molar-refractivity contribution in [2.75, 3.05) is 24.5 Å². The molecule has 0 saturated heterocycles. The van der Waals surface area contributed by atoms with Gasteiger partial charge in [-0.05, 0) is 68.8 Å². The van der Waals surface area contributed by atoms with E-state index in [2.05, 4.69) is 5.32 Å². The number of nitrogens with zero attached hydrogens (tertiary/aromatic N) is 2. The molecule has 38 heavy (non-hydrogen) atoms. The van der Waals surface area contributed by atoms with Crippen molar-refractivity contribution in [3.8, 4) is 5.75 Å². The van der Waals surface area contributed by atoms with Crippen LogP contribution in [-0.2, 0) is 26.2 Å². The highest BCUT2D eigenvalue weighted by atomic mass is 35.5. The van der Waals surface area contributed by atoms with Crippen molar-refractivity contribution in [3.05, 3.63) is 88.9 Å². The number of rotatable bonds is 11. The van der Waals surface area contributed by atoms with Gasteiger partial charge in [-0.15, -0.1) is 0 Å². The molecule has 8 nitrogen and oxygen atoms in total. The standard InChI is InChI=1S/C28H32ClN3O5S/c1-5-30-28(34)21(3)31(18-22-11-9-20(2)10-12-22)27(33)19-32(24-8-6-7-23(29)17-24)38(35,36)26-15-13-25(37-4)14-16-26/h6-17,21H,5,18-19H2,1-4H3,(H,30,34). The minimum absolute atomic E-state index is 0.0204. The average Bonchev–Trinajstić information content (AvgIpc) is 2.91. The number of likely N-dealkylation sites (N-methyl/N-ethyl adjacent to an activating group) is 1. The molecule has 1 atom stereocenters. The normalized spacial score (nSPS) is 11.9. The summed E-state index contributed by atoms with van der Waals surface area (Å²) in [5, 5.41) is 3.06. The number of anilines is 1. The zero-order valence-corrected chi connectivity index (χ0v) is 23.4. The summed E-state index contributed by atoms with van der Waals surface area (Å²) in [5.74, 6) is -0.379. The fraction of sp³-hybridized carbons (Fsp3) is 0.286. The predicted octanol–water partition coefficient (Wildman–Crippen LogP) is 4.41. The topological polar surface area (TPSA) is 96.0 Å². The number of benzene rings is 3. The molecule has 1 unspecified atom stereocenters. The molecule has 10 heteroatoms. The van der Waals surface area contributed by atoms with Gasteiger partial charge in [0.25, 0.3) is 10.0 Å². The average molecular weight is 558 g/mol. The molecule has 3 aromatic carbocycles. The molecule has 0 aliphatic heterocycles. The molecule has 2 amide bonds. The molecule has 0 heterocycles. The Morgan fingerprint density at radius 1 is 1.03 bits per heavy atom. The third kappa shape index (κ3) is 7.05. The highest BCUT2D eigenvalue weighted by Crippen LogP contribution is 2.28. The molecule has 0 saturated carbocycles. The number of methoxy groups -OCH3 is 1. The Morgan fingerprint density at radius 3 is 2.26 bits per heavy atom. The highest BCUT2D eigenvalue weighted by Gasteiger charge is 2.32. The summed E-state index contributed by atoms with van der Waals surface area (Å²) < 4.78 is 33.7. The highest BCUT2D eigenvalue weighted by molar-refractivity contribution is 7.92. The largest absolute Gasteiger partial charge is 0.497 e. The van der Waals surface area contributed by atoms with Gasteiger partial charge in [-0.25, -0.2) is 8.42 Å². The lowest BCUT2D eigenvalue weighted by molar-refractivity contribution is -0.139. The van der Waals surface area contributed by atoms with Crippen LogP contribution in [0.4, 0.5) is 5.69 Å². The summed E-state index contributed by atoms with van der Waals surface area (Å²) in [6.45, 7) is 5.36. The van der Waals surface area contributed by atoms with E-state index in [1.807, 2.05) is 31.2 Å². The Balaban J connectivity index is 2.02. The molecule has 0 aromatic heterocycles. The molecule has 0 aliphatic rings. The number of aryl methyl sites for hydroxylation is 1. The number of hydrogen-bond acceptors (Lipinski definition) is 5. The Hall–Kier alpha value is -3.56. The van der Waals surface area contributed by atoms with Crippen molar-refractivity contribution in [1.82, 2.24) is 10.2 Å². The van der Waals surface area contributed by atoms with E-state index in [-0.39, 0.29) is 23.0 Å². The fourth-order valence-electron chi connectivity index (χ4n) is 3.83. The van der Waals surface area contributed by atoms with Gasteiger partial charge in [0.15, 0.2) is 0 Å². The first-order valence-corrected chi connectivity index (χ1v) is 13.9. The van der Waals surface area contributed by atoms with Crippen LogP contribution in [0.3, 0.4) is 0 Å². The quantitative estimate of drug-likeness (QED) is 0.377. The van der Waals surface area contributed by atoms with E-state index in [1.54, 1.807) is 32.0 Å². The lowest BCUT2D eigenvalue weighted by atomic mass is 10.1. The molecular formula is C28H32ClN3O5S. The molecule has 0 fully saturated rings. The summed E-state index contributed by atoms with van der Waals surface area (Å²) in [6, 6.07) is 18.9. The van der Waals surface area contributed by atoms with E-state index in [0.717, 1.165) is 15.4 Å². The van der Waals surface area contributed by atoms with E-state index in [4.69, 9.17) is 16.3 Å². The van der Waals surface area contributed by atoms with Crippen LogP contribution < -0.4 is 14.4 Å². The van der Waals surface area contributed by atoms with Crippen LogP contribution in [0.2, 0.25) is 5.02 Å². The van der Waals surface area contributed by atoms with Gasteiger partial charge >= 0.3 is 0 Å². The maximum absolute atomic E-state index is 13.8. The number of hydrogen-bond donors (Lipinski definition) is 1. The summed E-state index contributed by atoms with van der Waals surface area (Å²) >= 11 is 6.18. The molecule has 0 bridgehead atoms. The monoisotopic (exact) mass is 557 g/mol. The second kappa shape index (κ2) is 12.8. The maximum Gasteiger partial charge on any atom is 0.264 e. The SMILES string of the molecule is CCNC(=O)C(C)N(Cc1ccc(C)cc1)C(=O)CN(c1cccc(Cl)c1)S(=O)(=O)c1ccc(OC)cc1. The van der Waals surface area contributed by atoms with Crippen molar-refractivity contribution in [2.45, 2.75) is 38.3 Å². The fourth-order valence-corrected chi connectivity index (χ4v) is 5.42. The van der Waals surface area contributed by atoms with Gasteiger partial charge in [0, 0.05) is 18.1 Å². The Kier molecular flexibility index (Phi) is 9.77. The van der Waals surface area contributed by atoms with Gasteiger partial charge in [-0.3, -0.25) is 13.9 Å². The van der Waals surface area contributed by atoms with Gasteiger partial charge in [0.1, 0.15) is 18.3 Å². The number of amides is 2. The number of halogens is 1. The van der Waals surface area contributed by atoms with Crippen molar-refractivity contribution in [1.29, 1.82) is 0 Å². The second-order valence-corrected chi connectivity index (χ2v) is 11.0. The van der Waals surface area contributed by atoms with Gasteiger partial charge < -0.3 is 15.0 Å². The van der Waals surface area contributed by atoms with Crippen molar-refractivity contribution < 1.29 is 22.7 Å². The number of ether oxygens (including phenoxy) is 1. The van der Waals surface area contributed by atoms with Gasteiger partial charge in [-0.2, -0.15) is 0 Å². The van der Waals surface area contributed by atoms with Gasteiger partial charge in [0.05, 0.1) is 17.7 Å². The molecule has 0 aliphatic carbocycles. The van der Waals surface area contributed by atoms with E-state index in [9.17, 15) is 18.0 Å². The molecule has 0 spiro atoms. The zero-order chi connectivity index (χ0) is 27.9. The predicted molar refractivity (Wildman–Crippen MR) is 149 cm³/mol. The van der Waals surface area contributed by atoms with Crippen LogP contribution in [0.15, 0.2) is 77.7 Å². The zero-order valence-electron chi connectivity index (χ0n) is 21.8. The summed E-state index contributed by atoms with van der Waals surface area (Å²) in [7, 11) is -2.70. The first-order valence-electron chi connectivity index (χ1n) is 12.1. The van der Waals surface area contributed by atoms with Crippen molar-refractivity contribution in [2.24, 2.45) is 0 Å². The second-order valence-electron chi connectivity index (χ2n) is 8.74. The van der Waals surface area contributed by atoms with Crippen LogP contribution in [-0.4, -0.2) is 51.4 Å². The van der Waals surface area contributed by atoms with E-state index >= 15 is 0 Å². The Morgan fingerprint density at radius 2 is 1.68 bits per heavy atom. The van der Waals surface area contributed by atoms with Gasteiger partial charge in [0.2, 0.25) is 11.8 Å². The summed E-state index contributed by atoms with van der Waals surface area (Å²) in [5.41, 5.74) is 2.09. The minimum atomic E-state index is -4.19. The minimum Gasteiger partial charge on any atom is -0.497 e. The van der Waals surface area contributed by atoms with E-state index < -0.39 is 28.5 Å². The smallest absolute Gasteiger partial charge is 0.264 e. The van der Waals surface area contributed by atoms with E-state index in [1.165, 1.54) is 42.3 Å². The number of carbonyl (C=O) groups is 2. The van der Waals surface area contributed by atoms with Crippen LogP contribution in [0.5, 0.6) is 5.75 Å². The summed E-state index contributed by atoms with van der Waals surface area (Å²) in [4.78, 5) is 27.9. The third-order valence-electron chi connectivity index (χ3n) is 6.01. The maximum atomic E-state index is 13.8. The van der Waals surface area contributed by atoms with Crippen LogP contribution in [0.1, 0.15) is 25.0 Å². The molecule has 1 N–H and O–H groups in total. The van der Waals surface area contributed by atoms with Crippen LogP contribution in [0, 0.1) is 6.92 Å². The number of carbonyl (C=O) groups excluding carboxylic acids is 2. The molecule has 3 rings (SSSR count).